The summed E-state index contributed by atoms with van der Waals surface area (Å²) in [7, 11) is 0. The van der Waals surface area contributed by atoms with Gasteiger partial charge in [-0.05, 0) is 36.2 Å². The molecule has 0 atom stereocenters. The zero-order chi connectivity index (χ0) is 18.5. The predicted molar refractivity (Wildman–Crippen MR) is 98.3 cm³/mol. The van der Waals surface area contributed by atoms with Gasteiger partial charge in [-0.3, -0.25) is 14.6 Å². The van der Waals surface area contributed by atoms with E-state index in [-0.39, 0.29) is 11.5 Å². The zero-order valence-electron chi connectivity index (χ0n) is 14.5. The summed E-state index contributed by atoms with van der Waals surface area (Å²) in [6, 6.07) is 15.0. The Bertz CT molecular complexity index is 918. The minimum Gasteiger partial charge on any atom is -0.366 e. The summed E-state index contributed by atoms with van der Waals surface area (Å²) in [6.07, 6.45) is 3.15. The number of nitrogens with two attached hydrogens (primary N) is 1. The van der Waals surface area contributed by atoms with Crippen molar-refractivity contribution in [2.24, 2.45) is 5.73 Å². The number of benzene rings is 1. The number of pyridine rings is 1. The summed E-state index contributed by atoms with van der Waals surface area (Å²) in [4.78, 5) is 33.2. The fourth-order valence-electron chi connectivity index (χ4n) is 2.71. The summed E-state index contributed by atoms with van der Waals surface area (Å²) < 4.78 is 0. The van der Waals surface area contributed by atoms with Crippen molar-refractivity contribution in [1.29, 1.82) is 0 Å². The highest BCUT2D eigenvalue weighted by atomic mass is 16.2. The van der Waals surface area contributed by atoms with Crippen molar-refractivity contribution in [2.75, 3.05) is 0 Å². The Balaban J connectivity index is 1.89. The van der Waals surface area contributed by atoms with Crippen LogP contribution >= 0.6 is 0 Å². The second-order valence-electron chi connectivity index (χ2n) is 6.08. The Labute approximate surface area is 151 Å². The van der Waals surface area contributed by atoms with Crippen molar-refractivity contribution in [3.63, 3.8) is 0 Å². The van der Waals surface area contributed by atoms with Crippen molar-refractivity contribution in [1.82, 2.24) is 14.9 Å². The SMILES string of the molecule is Cc1ccccc1CN(Cc1ccccn1)C(=O)c1cc(C(N)=O)c[nH]1. The van der Waals surface area contributed by atoms with E-state index in [0.717, 1.165) is 16.8 Å². The second-order valence-corrected chi connectivity index (χ2v) is 6.08. The molecule has 6 nitrogen and oxygen atoms in total. The van der Waals surface area contributed by atoms with Crippen molar-refractivity contribution >= 4 is 11.8 Å². The lowest BCUT2D eigenvalue weighted by Crippen LogP contribution is -2.31. The number of rotatable bonds is 6. The van der Waals surface area contributed by atoms with Gasteiger partial charge in [0.05, 0.1) is 17.8 Å². The molecule has 0 fully saturated rings. The van der Waals surface area contributed by atoms with Crippen LogP contribution in [-0.4, -0.2) is 26.7 Å². The highest BCUT2D eigenvalue weighted by Crippen LogP contribution is 2.16. The number of aromatic amines is 1. The molecule has 0 aliphatic rings. The smallest absolute Gasteiger partial charge is 0.270 e. The molecular formula is C20H20N4O2. The Morgan fingerprint density at radius 2 is 1.88 bits per heavy atom. The van der Waals surface area contributed by atoms with Gasteiger partial charge >= 0.3 is 0 Å². The molecule has 1 aromatic carbocycles. The largest absolute Gasteiger partial charge is 0.366 e. The monoisotopic (exact) mass is 348 g/mol. The Morgan fingerprint density at radius 3 is 2.54 bits per heavy atom. The van der Waals surface area contributed by atoms with Gasteiger partial charge in [0.1, 0.15) is 5.69 Å². The molecule has 0 aliphatic heterocycles. The second kappa shape index (κ2) is 7.65. The lowest BCUT2D eigenvalue weighted by molar-refractivity contribution is 0.0722. The molecule has 0 radical (unpaired) electrons. The Hall–Kier alpha value is -3.41. The van der Waals surface area contributed by atoms with E-state index in [1.165, 1.54) is 12.3 Å². The molecule has 26 heavy (non-hydrogen) atoms. The molecule has 3 rings (SSSR count). The summed E-state index contributed by atoms with van der Waals surface area (Å²) in [5, 5.41) is 0. The highest BCUT2D eigenvalue weighted by Gasteiger charge is 2.20. The number of primary amides is 1. The summed E-state index contributed by atoms with van der Waals surface area (Å²) >= 11 is 0. The maximum Gasteiger partial charge on any atom is 0.270 e. The first-order valence-corrected chi connectivity index (χ1v) is 8.26. The number of aromatic nitrogens is 2. The van der Waals surface area contributed by atoms with Crippen LogP contribution in [0.5, 0.6) is 0 Å². The highest BCUT2D eigenvalue weighted by molar-refractivity contribution is 5.98. The van der Waals surface area contributed by atoms with Crippen molar-refractivity contribution < 1.29 is 9.59 Å². The van der Waals surface area contributed by atoms with Crippen LogP contribution in [0.1, 0.15) is 37.7 Å². The van der Waals surface area contributed by atoms with E-state index in [9.17, 15) is 9.59 Å². The maximum absolute atomic E-state index is 13.0. The van der Waals surface area contributed by atoms with Gasteiger partial charge in [0.25, 0.3) is 5.91 Å². The zero-order valence-corrected chi connectivity index (χ0v) is 14.5. The lowest BCUT2D eigenvalue weighted by atomic mass is 10.1. The number of hydrogen-bond acceptors (Lipinski definition) is 3. The molecule has 0 spiro atoms. The molecule has 0 unspecified atom stereocenters. The van der Waals surface area contributed by atoms with Crippen LogP contribution in [0.3, 0.4) is 0 Å². The average molecular weight is 348 g/mol. The molecule has 2 amide bonds. The Morgan fingerprint density at radius 1 is 1.12 bits per heavy atom. The van der Waals surface area contributed by atoms with Gasteiger partial charge in [0, 0.05) is 18.9 Å². The van der Waals surface area contributed by atoms with E-state index in [2.05, 4.69) is 9.97 Å². The summed E-state index contributed by atoms with van der Waals surface area (Å²) in [5.74, 6) is -0.790. The first-order chi connectivity index (χ1) is 12.5. The van der Waals surface area contributed by atoms with Crippen LogP contribution in [0.4, 0.5) is 0 Å². The van der Waals surface area contributed by atoms with Gasteiger partial charge < -0.3 is 15.6 Å². The van der Waals surface area contributed by atoms with Gasteiger partial charge in [-0.15, -0.1) is 0 Å². The van der Waals surface area contributed by atoms with Crippen LogP contribution in [0.2, 0.25) is 0 Å². The number of nitrogens with one attached hydrogen (secondary N) is 1. The van der Waals surface area contributed by atoms with E-state index in [1.54, 1.807) is 11.1 Å². The number of aryl methyl sites for hydroxylation is 1. The van der Waals surface area contributed by atoms with E-state index >= 15 is 0 Å². The molecular weight excluding hydrogens is 328 g/mol. The fourth-order valence-corrected chi connectivity index (χ4v) is 2.71. The molecule has 6 heteroatoms. The third kappa shape index (κ3) is 3.97. The normalized spacial score (nSPS) is 10.5. The first kappa shape index (κ1) is 17.4. The maximum atomic E-state index is 13.0. The van der Waals surface area contributed by atoms with Gasteiger partial charge in [0.2, 0.25) is 5.91 Å². The number of H-pyrrole nitrogens is 1. The third-order valence-electron chi connectivity index (χ3n) is 4.19. The van der Waals surface area contributed by atoms with Gasteiger partial charge in [-0.25, -0.2) is 0 Å². The standard InChI is InChI=1S/C20H20N4O2/c1-14-6-2-3-7-15(14)12-24(13-17-8-4-5-9-22-17)20(26)18-10-16(11-23-18)19(21)25/h2-11,23H,12-13H2,1H3,(H2,21,25). The van der Waals surface area contributed by atoms with Crippen LogP contribution in [0, 0.1) is 6.92 Å². The van der Waals surface area contributed by atoms with Crippen LogP contribution in [-0.2, 0) is 13.1 Å². The first-order valence-electron chi connectivity index (χ1n) is 8.26. The predicted octanol–water partition coefficient (Wildman–Crippen LogP) is 2.66. The number of hydrogen-bond donors (Lipinski definition) is 2. The number of carbonyl (C=O) groups excluding carboxylic acids is 2. The topological polar surface area (TPSA) is 92.1 Å². The lowest BCUT2D eigenvalue weighted by Gasteiger charge is -2.23. The number of carbonyl (C=O) groups is 2. The van der Waals surface area contributed by atoms with E-state index < -0.39 is 5.91 Å². The molecule has 3 N–H and O–H groups in total. The van der Waals surface area contributed by atoms with Gasteiger partial charge in [-0.2, -0.15) is 0 Å². The van der Waals surface area contributed by atoms with E-state index in [4.69, 9.17) is 5.73 Å². The van der Waals surface area contributed by atoms with Crippen molar-refractivity contribution in [3.8, 4) is 0 Å². The molecule has 0 bridgehead atoms. The number of amides is 2. The van der Waals surface area contributed by atoms with Crippen LogP contribution < -0.4 is 5.73 Å². The minimum absolute atomic E-state index is 0.216. The molecule has 0 saturated carbocycles. The van der Waals surface area contributed by atoms with E-state index in [1.807, 2.05) is 49.4 Å². The molecule has 132 valence electrons. The molecule has 0 saturated heterocycles. The Kier molecular flexibility index (Phi) is 5.12. The molecule has 3 aromatic rings. The van der Waals surface area contributed by atoms with Crippen molar-refractivity contribution in [2.45, 2.75) is 20.0 Å². The van der Waals surface area contributed by atoms with E-state index in [0.29, 0.717) is 18.8 Å². The van der Waals surface area contributed by atoms with Gasteiger partial charge in [-0.1, -0.05) is 30.3 Å². The minimum atomic E-state index is -0.574. The van der Waals surface area contributed by atoms with Crippen LogP contribution in [0.15, 0.2) is 60.9 Å². The number of nitrogens with zero attached hydrogens (tertiary/aromatic N) is 2. The summed E-state index contributed by atoms with van der Waals surface area (Å²) in [6.45, 7) is 2.81. The third-order valence-corrected chi connectivity index (χ3v) is 4.19. The molecule has 0 aliphatic carbocycles. The summed E-state index contributed by atoms with van der Waals surface area (Å²) in [5.41, 5.74) is 8.83. The molecule has 2 heterocycles. The average Bonchev–Trinajstić information content (AvgIpc) is 3.14. The molecule has 2 aromatic heterocycles. The fraction of sp³-hybridized carbons (Fsp3) is 0.150. The van der Waals surface area contributed by atoms with Gasteiger partial charge in [0.15, 0.2) is 0 Å². The quantitative estimate of drug-likeness (QED) is 0.717. The van der Waals surface area contributed by atoms with Crippen molar-refractivity contribution in [3.05, 3.63) is 89.0 Å². The van der Waals surface area contributed by atoms with Crippen LogP contribution in [0.25, 0.3) is 0 Å².